The van der Waals surface area contributed by atoms with Gasteiger partial charge in [-0.05, 0) is 44.1 Å². The Hall–Kier alpha value is -0.630. The standard InChI is InChI=1S/C14H22BrN3O2S/c1-3-18-8-4-5-12(18)10-17(2)21(19,20)14-7-6-11(15)9-13(14)16/h6-7,9,12H,3-5,8,10,16H2,1-2H3. The highest BCUT2D eigenvalue weighted by Gasteiger charge is 2.30. The van der Waals surface area contributed by atoms with Crippen molar-refractivity contribution in [2.45, 2.75) is 30.7 Å². The lowest BCUT2D eigenvalue weighted by molar-refractivity contribution is 0.238. The second-order valence-electron chi connectivity index (χ2n) is 5.39. The van der Waals surface area contributed by atoms with E-state index in [4.69, 9.17) is 5.73 Å². The first-order chi connectivity index (χ1) is 9.86. The number of rotatable bonds is 5. The third kappa shape index (κ3) is 3.59. The molecule has 1 aromatic rings. The molecule has 0 saturated carbocycles. The highest BCUT2D eigenvalue weighted by molar-refractivity contribution is 9.10. The van der Waals surface area contributed by atoms with Crippen molar-refractivity contribution in [1.29, 1.82) is 0 Å². The zero-order valence-corrected chi connectivity index (χ0v) is 14.8. The zero-order valence-electron chi connectivity index (χ0n) is 12.4. The molecule has 0 aromatic heterocycles. The minimum absolute atomic E-state index is 0.175. The van der Waals surface area contributed by atoms with Crippen LogP contribution >= 0.6 is 15.9 Å². The van der Waals surface area contributed by atoms with E-state index >= 15 is 0 Å². The number of halogens is 1. The van der Waals surface area contributed by atoms with Gasteiger partial charge in [0.25, 0.3) is 0 Å². The van der Waals surface area contributed by atoms with Gasteiger partial charge >= 0.3 is 0 Å². The first-order valence-electron chi connectivity index (χ1n) is 7.11. The first-order valence-corrected chi connectivity index (χ1v) is 9.35. The molecule has 0 bridgehead atoms. The smallest absolute Gasteiger partial charge is 0.244 e. The van der Waals surface area contributed by atoms with Crippen molar-refractivity contribution in [3.63, 3.8) is 0 Å². The fourth-order valence-corrected chi connectivity index (χ4v) is 4.51. The zero-order chi connectivity index (χ0) is 15.6. The van der Waals surface area contributed by atoms with Crippen LogP contribution in [0.2, 0.25) is 0 Å². The van der Waals surface area contributed by atoms with Crippen molar-refractivity contribution in [2.75, 3.05) is 32.4 Å². The number of hydrogen-bond donors (Lipinski definition) is 1. The molecule has 118 valence electrons. The van der Waals surface area contributed by atoms with Gasteiger partial charge in [-0.1, -0.05) is 22.9 Å². The Labute approximate surface area is 135 Å². The third-order valence-corrected chi connectivity index (χ3v) is 6.42. The van der Waals surface area contributed by atoms with Crippen molar-refractivity contribution in [2.24, 2.45) is 0 Å². The van der Waals surface area contributed by atoms with Crippen LogP contribution in [0.1, 0.15) is 19.8 Å². The summed E-state index contributed by atoms with van der Waals surface area (Å²) in [4.78, 5) is 2.51. The maximum Gasteiger partial charge on any atom is 0.244 e. The highest BCUT2D eigenvalue weighted by atomic mass is 79.9. The van der Waals surface area contributed by atoms with E-state index in [0.717, 1.165) is 30.4 Å². The molecule has 1 aromatic carbocycles. The van der Waals surface area contributed by atoms with Crippen molar-refractivity contribution in [3.8, 4) is 0 Å². The van der Waals surface area contributed by atoms with Gasteiger partial charge in [0, 0.05) is 24.1 Å². The summed E-state index contributed by atoms with van der Waals surface area (Å²) >= 11 is 3.29. The van der Waals surface area contributed by atoms with Gasteiger partial charge in [-0.15, -0.1) is 0 Å². The van der Waals surface area contributed by atoms with Gasteiger partial charge in [-0.2, -0.15) is 4.31 Å². The summed E-state index contributed by atoms with van der Waals surface area (Å²) in [6, 6.07) is 5.17. The summed E-state index contributed by atoms with van der Waals surface area (Å²) in [5, 5.41) is 0. The topological polar surface area (TPSA) is 66.6 Å². The van der Waals surface area contributed by atoms with Crippen LogP contribution in [0.3, 0.4) is 0 Å². The summed E-state index contributed by atoms with van der Waals surface area (Å²) in [6.07, 6.45) is 2.18. The lowest BCUT2D eigenvalue weighted by atomic mass is 10.2. The minimum atomic E-state index is -3.54. The molecule has 1 atom stereocenters. The molecule has 0 radical (unpaired) electrons. The summed E-state index contributed by atoms with van der Waals surface area (Å²) in [5.74, 6) is 0. The number of nitrogens with zero attached hydrogens (tertiary/aromatic N) is 2. The van der Waals surface area contributed by atoms with Crippen LogP contribution in [0.15, 0.2) is 27.6 Å². The van der Waals surface area contributed by atoms with Gasteiger partial charge < -0.3 is 5.73 Å². The molecule has 1 unspecified atom stereocenters. The average molecular weight is 376 g/mol. The number of hydrogen-bond acceptors (Lipinski definition) is 4. The minimum Gasteiger partial charge on any atom is -0.398 e. The number of sulfonamides is 1. The van der Waals surface area contributed by atoms with Crippen molar-refractivity contribution in [1.82, 2.24) is 9.21 Å². The second-order valence-corrected chi connectivity index (χ2v) is 8.32. The largest absolute Gasteiger partial charge is 0.398 e. The fraction of sp³-hybridized carbons (Fsp3) is 0.571. The third-order valence-electron chi connectivity index (χ3n) is 4.03. The molecule has 5 nitrogen and oxygen atoms in total. The van der Waals surface area contributed by atoms with E-state index in [2.05, 4.69) is 27.8 Å². The quantitative estimate of drug-likeness (QED) is 0.800. The molecular weight excluding hydrogens is 354 g/mol. The lowest BCUT2D eigenvalue weighted by Crippen LogP contribution is -2.41. The maximum absolute atomic E-state index is 12.7. The molecule has 1 heterocycles. The summed E-state index contributed by atoms with van der Waals surface area (Å²) in [6.45, 7) is 4.62. The highest BCUT2D eigenvalue weighted by Crippen LogP contribution is 2.26. The molecule has 0 amide bonds. The van der Waals surface area contributed by atoms with E-state index in [1.165, 1.54) is 4.31 Å². The van der Waals surface area contributed by atoms with E-state index in [0.29, 0.717) is 12.6 Å². The van der Waals surface area contributed by atoms with Gasteiger partial charge in [0.05, 0.1) is 5.69 Å². The van der Waals surface area contributed by atoms with Gasteiger partial charge in [-0.25, -0.2) is 8.42 Å². The van der Waals surface area contributed by atoms with E-state index in [1.807, 2.05) is 0 Å². The van der Waals surface area contributed by atoms with E-state index in [-0.39, 0.29) is 10.6 Å². The SMILES string of the molecule is CCN1CCCC1CN(C)S(=O)(=O)c1ccc(Br)cc1N. The number of nitrogen functional groups attached to an aromatic ring is 1. The Kier molecular flexibility index (Phi) is 5.29. The van der Waals surface area contributed by atoms with Crippen LogP contribution < -0.4 is 5.73 Å². The summed E-state index contributed by atoms with van der Waals surface area (Å²) in [5.41, 5.74) is 6.13. The number of anilines is 1. The Bertz CT molecular complexity index is 606. The monoisotopic (exact) mass is 375 g/mol. The summed E-state index contributed by atoms with van der Waals surface area (Å²) in [7, 11) is -1.92. The molecule has 2 rings (SSSR count). The molecule has 7 heteroatoms. The molecule has 1 aliphatic rings. The van der Waals surface area contributed by atoms with Gasteiger partial charge in [0.1, 0.15) is 4.90 Å². The molecule has 1 fully saturated rings. The predicted molar refractivity (Wildman–Crippen MR) is 88.6 cm³/mol. The van der Waals surface area contributed by atoms with Crippen molar-refractivity contribution in [3.05, 3.63) is 22.7 Å². The van der Waals surface area contributed by atoms with Crippen LogP contribution in [0.25, 0.3) is 0 Å². The van der Waals surface area contributed by atoms with Gasteiger partial charge in [0.15, 0.2) is 0 Å². The Morgan fingerprint density at radius 3 is 2.81 bits per heavy atom. The predicted octanol–water partition coefficient (Wildman–Crippen LogP) is 2.14. The molecule has 1 aliphatic heterocycles. The van der Waals surface area contributed by atoms with E-state index in [9.17, 15) is 8.42 Å². The van der Waals surface area contributed by atoms with Crippen molar-refractivity contribution < 1.29 is 8.42 Å². The Morgan fingerprint density at radius 1 is 1.48 bits per heavy atom. The first kappa shape index (κ1) is 16.7. The van der Waals surface area contributed by atoms with Crippen LogP contribution in [-0.2, 0) is 10.0 Å². The molecular formula is C14H22BrN3O2S. The van der Waals surface area contributed by atoms with Crippen LogP contribution in [0.4, 0.5) is 5.69 Å². The molecule has 21 heavy (non-hydrogen) atoms. The van der Waals surface area contributed by atoms with Crippen LogP contribution in [0, 0.1) is 0 Å². The molecule has 1 saturated heterocycles. The maximum atomic E-state index is 12.7. The van der Waals surface area contributed by atoms with Crippen LogP contribution in [-0.4, -0.2) is 50.3 Å². The lowest BCUT2D eigenvalue weighted by Gasteiger charge is -2.27. The Balaban J connectivity index is 2.18. The van der Waals surface area contributed by atoms with Gasteiger partial charge in [-0.3, -0.25) is 4.90 Å². The normalized spacial score (nSPS) is 20.3. The molecule has 0 aliphatic carbocycles. The average Bonchev–Trinajstić information content (AvgIpc) is 2.85. The van der Waals surface area contributed by atoms with Gasteiger partial charge in [0.2, 0.25) is 10.0 Å². The number of likely N-dealkylation sites (tertiary alicyclic amines) is 1. The second kappa shape index (κ2) is 6.64. The van der Waals surface area contributed by atoms with E-state index < -0.39 is 10.0 Å². The summed E-state index contributed by atoms with van der Waals surface area (Å²) < 4.78 is 27.5. The number of likely N-dealkylation sites (N-methyl/N-ethyl adjacent to an activating group) is 2. The number of benzene rings is 1. The van der Waals surface area contributed by atoms with E-state index in [1.54, 1.807) is 25.2 Å². The van der Waals surface area contributed by atoms with Crippen LogP contribution in [0.5, 0.6) is 0 Å². The molecule has 0 spiro atoms. The fourth-order valence-electron chi connectivity index (χ4n) is 2.84. The molecule has 2 N–H and O–H groups in total. The van der Waals surface area contributed by atoms with Crippen molar-refractivity contribution >= 4 is 31.6 Å². The Morgan fingerprint density at radius 2 is 2.19 bits per heavy atom. The number of nitrogens with two attached hydrogens (primary N) is 1.